The number of allylic oxidation sites excluding steroid dienone is 1. The van der Waals surface area contributed by atoms with E-state index in [1.807, 2.05) is 20.8 Å². The molecule has 8 atom stereocenters. The van der Waals surface area contributed by atoms with Crippen LogP contribution >= 0.6 is 0 Å². The van der Waals surface area contributed by atoms with E-state index >= 15 is 0 Å². The number of rotatable bonds is 7. The second kappa shape index (κ2) is 10.4. The Morgan fingerprint density at radius 1 is 1.14 bits per heavy atom. The Morgan fingerprint density at radius 3 is 2.36 bits per heavy atom. The summed E-state index contributed by atoms with van der Waals surface area (Å²) in [4.78, 5) is 25.0. The van der Waals surface area contributed by atoms with Gasteiger partial charge in [-0.3, -0.25) is 0 Å². The lowest BCUT2D eigenvalue weighted by Gasteiger charge is -2.47. The molecule has 0 aromatic rings. The Bertz CT molecular complexity index is 844. The Balaban J connectivity index is 1.81. The van der Waals surface area contributed by atoms with Crippen molar-refractivity contribution in [1.82, 2.24) is 0 Å². The van der Waals surface area contributed by atoms with Crippen LogP contribution in [-0.4, -0.2) is 51.7 Å². The topological polar surface area (TPSA) is 80.3 Å². The first-order chi connectivity index (χ1) is 16.5. The first kappa shape index (κ1) is 29.2. The number of ether oxygens (including phenoxy) is 4. The Hall–Kier alpha value is -1.38. The predicted octanol–water partition coefficient (Wildman–Crippen LogP) is 6.47. The lowest BCUT2D eigenvalue weighted by molar-refractivity contribution is -0.162. The molecule has 206 valence electrons. The van der Waals surface area contributed by atoms with Gasteiger partial charge in [0.05, 0.1) is 7.11 Å². The van der Waals surface area contributed by atoms with E-state index < -0.39 is 43.9 Å². The largest absolute Gasteiger partial charge is 0.508 e. The van der Waals surface area contributed by atoms with Crippen molar-refractivity contribution in [2.24, 2.45) is 28.6 Å². The zero-order valence-electron chi connectivity index (χ0n) is 24.0. The number of hydrogen-bond acceptors (Lipinski definition) is 7. The zero-order valence-corrected chi connectivity index (χ0v) is 25.0. The number of cyclic esters (lactones) is 1. The molecule has 2 aliphatic carbocycles. The van der Waals surface area contributed by atoms with Gasteiger partial charge in [-0.2, -0.15) is 0 Å². The Morgan fingerprint density at radius 2 is 1.81 bits per heavy atom. The first-order valence-electron chi connectivity index (χ1n) is 13.5. The minimum atomic E-state index is -1.62. The molecule has 0 radical (unpaired) electrons. The van der Waals surface area contributed by atoms with Gasteiger partial charge >= 0.3 is 12.1 Å². The van der Waals surface area contributed by atoms with Crippen LogP contribution in [0.1, 0.15) is 73.6 Å². The smallest absolute Gasteiger partial charge is 0.438 e. The third kappa shape index (κ3) is 6.02. The van der Waals surface area contributed by atoms with Crippen molar-refractivity contribution in [1.29, 1.82) is 0 Å². The Kier molecular flexibility index (Phi) is 8.44. The van der Waals surface area contributed by atoms with Gasteiger partial charge in [-0.25, -0.2) is 9.59 Å². The quantitative estimate of drug-likeness (QED) is 0.214. The molecule has 1 saturated heterocycles. The molecule has 0 amide bonds. The van der Waals surface area contributed by atoms with Gasteiger partial charge in [0.1, 0.15) is 0 Å². The van der Waals surface area contributed by atoms with E-state index in [0.717, 1.165) is 12.8 Å². The standard InChI is InChI=1S/C28H48O7Si/c1-18(19-14-15-20-21(35-36(8,9)10)12-11-17-27(19,20)5)13-16-22(32-25(30)31-7)28(6)23(29)33-24(34-28)26(2,3)4/h13,16,18-22,24H,11-12,14-15,17H2,1-10H3/b16-13+/t18-,19-,20?,21?,22?,24-,27-,28-/m1/s1. The second-order valence-corrected chi connectivity index (χ2v) is 18.0. The highest BCUT2D eigenvalue weighted by atomic mass is 28.4. The predicted molar refractivity (Wildman–Crippen MR) is 141 cm³/mol. The number of carbonyl (C=O) groups excluding carboxylic acids is 2. The molecule has 36 heavy (non-hydrogen) atoms. The fourth-order valence-electron chi connectivity index (χ4n) is 6.56. The van der Waals surface area contributed by atoms with Crippen LogP contribution in [0.25, 0.3) is 0 Å². The molecule has 0 aromatic carbocycles. The summed E-state index contributed by atoms with van der Waals surface area (Å²) in [6, 6.07) is 0. The van der Waals surface area contributed by atoms with Gasteiger partial charge in [-0.1, -0.05) is 47.1 Å². The van der Waals surface area contributed by atoms with Crippen molar-refractivity contribution in [3.8, 4) is 0 Å². The van der Waals surface area contributed by atoms with Crippen molar-refractivity contribution < 1.29 is 33.0 Å². The molecule has 3 rings (SSSR count). The van der Waals surface area contributed by atoms with Gasteiger partial charge in [0.15, 0.2) is 14.4 Å². The number of carbonyl (C=O) groups is 2. The highest BCUT2D eigenvalue weighted by molar-refractivity contribution is 6.69. The molecule has 3 aliphatic rings. The normalized spacial score (nSPS) is 36.9. The molecule has 0 bridgehead atoms. The lowest BCUT2D eigenvalue weighted by atomic mass is 9.62. The fourth-order valence-corrected chi connectivity index (χ4v) is 7.75. The van der Waals surface area contributed by atoms with Crippen LogP contribution in [0.3, 0.4) is 0 Å². The molecule has 1 heterocycles. The number of hydrogen-bond donors (Lipinski definition) is 0. The number of methoxy groups -OCH3 is 1. The van der Waals surface area contributed by atoms with Crippen molar-refractivity contribution in [2.45, 2.75) is 117 Å². The molecule has 0 spiro atoms. The number of fused-ring (bicyclic) bond motifs is 1. The van der Waals surface area contributed by atoms with E-state index in [1.165, 1.54) is 26.4 Å². The van der Waals surface area contributed by atoms with E-state index in [2.05, 4.69) is 39.6 Å². The maximum Gasteiger partial charge on any atom is 0.508 e. The van der Waals surface area contributed by atoms with Gasteiger partial charge in [-0.05, 0) is 81.5 Å². The summed E-state index contributed by atoms with van der Waals surface area (Å²) in [7, 11) is -0.366. The molecule has 0 N–H and O–H groups in total. The van der Waals surface area contributed by atoms with Crippen molar-refractivity contribution in [2.75, 3.05) is 7.11 Å². The van der Waals surface area contributed by atoms with E-state index in [4.69, 9.17) is 23.4 Å². The van der Waals surface area contributed by atoms with Crippen LogP contribution in [0.15, 0.2) is 12.2 Å². The van der Waals surface area contributed by atoms with Gasteiger partial charge in [0.25, 0.3) is 0 Å². The van der Waals surface area contributed by atoms with Gasteiger partial charge in [0.2, 0.25) is 11.9 Å². The maximum atomic E-state index is 12.9. The average molecular weight is 525 g/mol. The molecule has 0 aromatic heterocycles. The van der Waals surface area contributed by atoms with E-state index in [9.17, 15) is 9.59 Å². The van der Waals surface area contributed by atoms with Gasteiger partial charge in [0, 0.05) is 11.5 Å². The van der Waals surface area contributed by atoms with Crippen LogP contribution in [-0.2, 0) is 28.2 Å². The zero-order chi connectivity index (χ0) is 27.1. The SMILES string of the molecule is COC(=O)OC(/C=C/[C@@H](C)[C@H]1CCC2C(O[Si](C)(C)C)CCC[C@@]21C)[C@@]1(C)O[C@H](C(C)(C)C)OC1=O. The molecule has 3 unspecified atom stereocenters. The summed E-state index contributed by atoms with van der Waals surface area (Å²) in [6.07, 6.45) is 7.54. The maximum absolute atomic E-state index is 12.9. The van der Waals surface area contributed by atoms with Crippen LogP contribution < -0.4 is 0 Å². The van der Waals surface area contributed by atoms with Crippen molar-refractivity contribution in [3.63, 3.8) is 0 Å². The summed E-state index contributed by atoms with van der Waals surface area (Å²) in [5, 5.41) is 0. The highest BCUT2D eigenvalue weighted by Crippen LogP contribution is 2.58. The van der Waals surface area contributed by atoms with Crippen LogP contribution in [0.5, 0.6) is 0 Å². The molecular formula is C28H48O7Si. The second-order valence-electron chi connectivity index (χ2n) is 13.5. The average Bonchev–Trinajstić information content (AvgIpc) is 3.27. The summed E-state index contributed by atoms with van der Waals surface area (Å²) in [5.74, 6) is 0.741. The van der Waals surface area contributed by atoms with E-state index in [0.29, 0.717) is 17.9 Å². The van der Waals surface area contributed by atoms with Crippen LogP contribution in [0.4, 0.5) is 4.79 Å². The van der Waals surface area contributed by atoms with Crippen molar-refractivity contribution >= 4 is 20.4 Å². The molecule has 8 heteroatoms. The van der Waals surface area contributed by atoms with E-state index in [1.54, 1.807) is 13.0 Å². The third-order valence-corrected chi connectivity index (χ3v) is 9.49. The molecule has 7 nitrogen and oxygen atoms in total. The fraction of sp³-hybridized carbons (Fsp3) is 0.857. The van der Waals surface area contributed by atoms with Crippen LogP contribution in [0, 0.1) is 28.6 Å². The first-order valence-corrected chi connectivity index (χ1v) is 16.9. The van der Waals surface area contributed by atoms with Crippen molar-refractivity contribution in [3.05, 3.63) is 12.2 Å². The highest BCUT2D eigenvalue weighted by Gasteiger charge is 2.57. The minimum absolute atomic E-state index is 0.203. The molecular weight excluding hydrogens is 476 g/mol. The Labute approximate surface area is 218 Å². The summed E-state index contributed by atoms with van der Waals surface area (Å²) in [6.45, 7) is 18.9. The summed E-state index contributed by atoms with van der Waals surface area (Å²) < 4.78 is 28.6. The summed E-state index contributed by atoms with van der Waals surface area (Å²) >= 11 is 0. The van der Waals surface area contributed by atoms with Crippen LogP contribution in [0.2, 0.25) is 19.6 Å². The lowest BCUT2D eigenvalue weighted by Crippen LogP contribution is -2.47. The van der Waals surface area contributed by atoms with Gasteiger partial charge in [-0.15, -0.1) is 0 Å². The van der Waals surface area contributed by atoms with E-state index in [-0.39, 0.29) is 11.3 Å². The molecule has 3 fully saturated rings. The summed E-state index contributed by atoms with van der Waals surface area (Å²) in [5.41, 5.74) is -1.66. The van der Waals surface area contributed by atoms with Gasteiger partial charge < -0.3 is 23.4 Å². The number of esters is 1. The molecule has 2 saturated carbocycles. The molecule has 1 aliphatic heterocycles. The minimum Gasteiger partial charge on any atom is -0.438 e. The third-order valence-electron chi connectivity index (χ3n) is 8.48. The monoisotopic (exact) mass is 524 g/mol.